The molecular weight excluding hydrogens is 248 g/mol. The van der Waals surface area contributed by atoms with E-state index in [1.165, 1.54) is 5.56 Å². The van der Waals surface area contributed by atoms with Gasteiger partial charge in [-0.15, -0.1) is 0 Å². The summed E-state index contributed by atoms with van der Waals surface area (Å²) in [4.78, 5) is 12.3. The van der Waals surface area contributed by atoms with Crippen LogP contribution >= 0.6 is 0 Å². The monoisotopic (exact) mass is 268 g/mol. The summed E-state index contributed by atoms with van der Waals surface area (Å²) in [6, 6.07) is 13.5. The summed E-state index contributed by atoms with van der Waals surface area (Å²) in [6.45, 7) is 5.88. The van der Waals surface area contributed by atoms with E-state index in [9.17, 15) is 4.79 Å². The van der Waals surface area contributed by atoms with Crippen molar-refractivity contribution in [2.45, 2.75) is 26.8 Å². The minimum atomic E-state index is -0.0946. The number of rotatable bonds is 3. The van der Waals surface area contributed by atoms with E-state index in [1.54, 1.807) is 18.2 Å². The van der Waals surface area contributed by atoms with Crippen LogP contribution in [-0.2, 0) is 0 Å². The number of anilines is 1. The third-order valence-electron chi connectivity index (χ3n) is 3.55. The third-order valence-corrected chi connectivity index (χ3v) is 3.55. The Kier molecular flexibility index (Phi) is 4.08. The van der Waals surface area contributed by atoms with Crippen LogP contribution in [0.4, 0.5) is 5.69 Å². The van der Waals surface area contributed by atoms with Crippen LogP contribution in [0.2, 0.25) is 0 Å². The molecule has 0 radical (unpaired) electrons. The molecule has 0 saturated heterocycles. The summed E-state index contributed by atoms with van der Waals surface area (Å²) < 4.78 is 0. The Morgan fingerprint density at radius 1 is 1.10 bits per heavy atom. The number of carbonyl (C=O) groups is 1. The maximum atomic E-state index is 12.3. The maximum absolute atomic E-state index is 12.3. The highest BCUT2D eigenvalue weighted by molar-refractivity contribution is 5.97. The van der Waals surface area contributed by atoms with Crippen molar-refractivity contribution >= 4 is 11.6 Å². The van der Waals surface area contributed by atoms with Gasteiger partial charge in [0.25, 0.3) is 5.91 Å². The number of carbonyl (C=O) groups excluding carboxylic acids is 1. The molecule has 104 valence electrons. The number of amides is 1. The Morgan fingerprint density at radius 3 is 2.40 bits per heavy atom. The number of hydrogen-bond donors (Lipinski definition) is 2. The van der Waals surface area contributed by atoms with Crippen molar-refractivity contribution < 1.29 is 4.79 Å². The van der Waals surface area contributed by atoms with E-state index in [2.05, 4.69) is 5.32 Å². The molecule has 0 aliphatic heterocycles. The first kappa shape index (κ1) is 14.1. The van der Waals surface area contributed by atoms with Crippen LogP contribution in [0.3, 0.4) is 0 Å². The fourth-order valence-electron chi connectivity index (χ4n) is 2.11. The van der Waals surface area contributed by atoms with Gasteiger partial charge >= 0.3 is 0 Å². The van der Waals surface area contributed by atoms with Crippen LogP contribution in [-0.4, -0.2) is 5.91 Å². The average molecular weight is 268 g/mol. The van der Waals surface area contributed by atoms with Gasteiger partial charge < -0.3 is 11.1 Å². The Labute approximate surface area is 119 Å². The molecule has 0 aliphatic carbocycles. The Hall–Kier alpha value is -2.29. The molecule has 0 spiro atoms. The number of nitrogens with one attached hydrogen (secondary N) is 1. The molecule has 0 aromatic heterocycles. The van der Waals surface area contributed by atoms with Gasteiger partial charge in [-0.25, -0.2) is 0 Å². The van der Waals surface area contributed by atoms with E-state index < -0.39 is 0 Å². The van der Waals surface area contributed by atoms with Crippen LogP contribution in [0.25, 0.3) is 0 Å². The van der Waals surface area contributed by atoms with Gasteiger partial charge in [-0.3, -0.25) is 4.79 Å². The van der Waals surface area contributed by atoms with Gasteiger partial charge in [0.05, 0.1) is 6.04 Å². The van der Waals surface area contributed by atoms with Gasteiger partial charge in [-0.2, -0.15) is 0 Å². The van der Waals surface area contributed by atoms with Gasteiger partial charge in [0, 0.05) is 11.3 Å². The molecular formula is C17H20N2O. The zero-order chi connectivity index (χ0) is 14.7. The second kappa shape index (κ2) is 5.78. The number of aryl methyl sites for hydroxylation is 1. The Balaban J connectivity index is 2.15. The fraction of sp³-hybridized carbons (Fsp3) is 0.235. The molecule has 1 amide bonds. The van der Waals surface area contributed by atoms with Crippen LogP contribution in [0.15, 0.2) is 42.5 Å². The largest absolute Gasteiger partial charge is 0.398 e. The van der Waals surface area contributed by atoms with Gasteiger partial charge in [0.1, 0.15) is 0 Å². The quantitative estimate of drug-likeness (QED) is 0.838. The lowest BCUT2D eigenvalue weighted by molar-refractivity contribution is 0.0939. The summed E-state index contributed by atoms with van der Waals surface area (Å²) in [7, 11) is 0. The van der Waals surface area contributed by atoms with Gasteiger partial charge in [-0.05, 0) is 44.0 Å². The summed E-state index contributed by atoms with van der Waals surface area (Å²) in [6.07, 6.45) is 0. The predicted molar refractivity (Wildman–Crippen MR) is 82.7 cm³/mol. The molecule has 1 atom stereocenters. The standard InChI is InChI=1S/C17H20N2O/c1-11-7-9-14(10-8-11)13(3)19-17(20)15-5-4-6-16(18)12(15)2/h4-10,13H,18H2,1-3H3,(H,19,20). The molecule has 1 unspecified atom stereocenters. The van der Waals surface area contributed by atoms with E-state index >= 15 is 0 Å². The first-order chi connectivity index (χ1) is 9.49. The molecule has 2 rings (SSSR count). The molecule has 3 nitrogen and oxygen atoms in total. The van der Waals surface area contributed by atoms with Crippen LogP contribution in [0.5, 0.6) is 0 Å². The number of nitrogen functional groups attached to an aromatic ring is 1. The lowest BCUT2D eigenvalue weighted by Crippen LogP contribution is -2.27. The molecule has 0 aliphatic rings. The van der Waals surface area contributed by atoms with E-state index in [0.29, 0.717) is 11.3 Å². The molecule has 2 aromatic rings. The minimum Gasteiger partial charge on any atom is -0.398 e. The van der Waals surface area contributed by atoms with Crippen molar-refractivity contribution in [1.29, 1.82) is 0 Å². The SMILES string of the molecule is Cc1ccc(C(C)NC(=O)c2cccc(N)c2C)cc1. The maximum Gasteiger partial charge on any atom is 0.252 e. The van der Waals surface area contributed by atoms with Crippen molar-refractivity contribution in [3.8, 4) is 0 Å². The summed E-state index contributed by atoms with van der Waals surface area (Å²) >= 11 is 0. The van der Waals surface area contributed by atoms with Crippen molar-refractivity contribution in [1.82, 2.24) is 5.32 Å². The van der Waals surface area contributed by atoms with Gasteiger partial charge in [-0.1, -0.05) is 35.9 Å². The highest BCUT2D eigenvalue weighted by Crippen LogP contribution is 2.18. The second-order valence-electron chi connectivity index (χ2n) is 5.13. The molecule has 2 aromatic carbocycles. The summed E-state index contributed by atoms with van der Waals surface area (Å²) in [5.41, 5.74) is 10.2. The zero-order valence-electron chi connectivity index (χ0n) is 12.1. The predicted octanol–water partition coefficient (Wildman–Crippen LogP) is 3.38. The number of benzene rings is 2. The van der Waals surface area contributed by atoms with Crippen molar-refractivity contribution in [3.05, 3.63) is 64.7 Å². The van der Waals surface area contributed by atoms with E-state index in [1.807, 2.05) is 45.0 Å². The normalized spacial score (nSPS) is 11.9. The van der Waals surface area contributed by atoms with E-state index in [0.717, 1.165) is 11.1 Å². The molecule has 20 heavy (non-hydrogen) atoms. The molecule has 0 heterocycles. The molecule has 0 bridgehead atoms. The molecule has 0 saturated carbocycles. The number of hydrogen-bond acceptors (Lipinski definition) is 2. The van der Waals surface area contributed by atoms with Crippen LogP contribution in [0, 0.1) is 13.8 Å². The van der Waals surface area contributed by atoms with Crippen molar-refractivity contribution in [2.75, 3.05) is 5.73 Å². The smallest absolute Gasteiger partial charge is 0.252 e. The first-order valence-corrected chi connectivity index (χ1v) is 6.71. The zero-order valence-corrected chi connectivity index (χ0v) is 12.1. The Bertz CT molecular complexity index is 617. The summed E-state index contributed by atoms with van der Waals surface area (Å²) in [5, 5.41) is 3.01. The topological polar surface area (TPSA) is 55.1 Å². The Morgan fingerprint density at radius 2 is 1.75 bits per heavy atom. The van der Waals surface area contributed by atoms with Crippen LogP contribution in [0.1, 0.15) is 40.0 Å². The van der Waals surface area contributed by atoms with Crippen molar-refractivity contribution in [3.63, 3.8) is 0 Å². The number of nitrogens with two attached hydrogens (primary N) is 1. The highest BCUT2D eigenvalue weighted by Gasteiger charge is 2.14. The van der Waals surface area contributed by atoms with Crippen molar-refractivity contribution in [2.24, 2.45) is 0 Å². The van der Waals surface area contributed by atoms with E-state index in [-0.39, 0.29) is 11.9 Å². The third kappa shape index (κ3) is 2.99. The van der Waals surface area contributed by atoms with Gasteiger partial charge in [0.15, 0.2) is 0 Å². The lowest BCUT2D eigenvalue weighted by Gasteiger charge is -2.16. The minimum absolute atomic E-state index is 0.0380. The molecule has 3 heteroatoms. The van der Waals surface area contributed by atoms with Crippen LogP contribution < -0.4 is 11.1 Å². The molecule has 3 N–H and O–H groups in total. The first-order valence-electron chi connectivity index (χ1n) is 6.71. The lowest BCUT2D eigenvalue weighted by atomic mass is 10.0. The van der Waals surface area contributed by atoms with Gasteiger partial charge in [0.2, 0.25) is 0 Å². The molecule has 0 fully saturated rings. The van der Waals surface area contributed by atoms with E-state index in [4.69, 9.17) is 5.73 Å². The fourth-order valence-corrected chi connectivity index (χ4v) is 2.11. The summed E-state index contributed by atoms with van der Waals surface area (Å²) in [5.74, 6) is -0.0946. The second-order valence-corrected chi connectivity index (χ2v) is 5.13. The highest BCUT2D eigenvalue weighted by atomic mass is 16.1. The average Bonchev–Trinajstić information content (AvgIpc) is 2.42.